The van der Waals surface area contributed by atoms with Gasteiger partial charge in [-0.25, -0.2) is 0 Å². The molecule has 0 spiro atoms. The maximum absolute atomic E-state index is 12.1. The molecule has 5 heteroatoms. The second-order valence-corrected chi connectivity index (χ2v) is 5.95. The lowest BCUT2D eigenvalue weighted by Crippen LogP contribution is -2.23. The molecule has 0 fully saturated rings. The highest BCUT2D eigenvalue weighted by Crippen LogP contribution is 2.21. The van der Waals surface area contributed by atoms with Gasteiger partial charge in [0.2, 0.25) is 0 Å². The van der Waals surface area contributed by atoms with Crippen LogP contribution in [0.25, 0.3) is 0 Å². The fourth-order valence-electron chi connectivity index (χ4n) is 1.94. The van der Waals surface area contributed by atoms with Crippen LogP contribution in [0.4, 0.5) is 0 Å². The first kappa shape index (κ1) is 16.0. The highest BCUT2D eigenvalue weighted by Gasteiger charge is 2.09. The average molecular weight is 368 g/mol. The Hall–Kier alpha value is -1.36. The zero-order valence-corrected chi connectivity index (χ0v) is 13.7. The standard InChI is InChI=1S/C16H16BrClN2O/c17-15-9-13(18)5-6-14(15)16(21)20-10-12-3-1-11(2-4-12)7-8-19/h1-6,9H,7-8,10,19H2,(H,20,21). The summed E-state index contributed by atoms with van der Waals surface area (Å²) in [6.45, 7) is 1.12. The highest BCUT2D eigenvalue weighted by atomic mass is 79.9. The summed E-state index contributed by atoms with van der Waals surface area (Å²) in [5.74, 6) is -0.135. The van der Waals surface area contributed by atoms with E-state index in [1.165, 1.54) is 5.56 Å². The topological polar surface area (TPSA) is 55.1 Å². The van der Waals surface area contributed by atoms with Crippen LogP contribution in [0.5, 0.6) is 0 Å². The van der Waals surface area contributed by atoms with Crippen molar-refractivity contribution in [1.29, 1.82) is 0 Å². The molecule has 0 heterocycles. The molecule has 2 rings (SSSR count). The van der Waals surface area contributed by atoms with Crippen molar-refractivity contribution in [3.8, 4) is 0 Å². The molecule has 110 valence electrons. The first-order valence-corrected chi connectivity index (χ1v) is 7.78. The van der Waals surface area contributed by atoms with E-state index in [4.69, 9.17) is 17.3 Å². The smallest absolute Gasteiger partial charge is 0.252 e. The summed E-state index contributed by atoms with van der Waals surface area (Å²) >= 11 is 9.21. The molecule has 0 saturated carbocycles. The summed E-state index contributed by atoms with van der Waals surface area (Å²) in [5, 5.41) is 3.48. The van der Waals surface area contributed by atoms with Crippen molar-refractivity contribution < 1.29 is 4.79 Å². The fourth-order valence-corrected chi connectivity index (χ4v) is 2.80. The van der Waals surface area contributed by atoms with Crippen LogP contribution in [0.1, 0.15) is 21.5 Å². The number of nitrogens with one attached hydrogen (secondary N) is 1. The molecule has 3 N–H and O–H groups in total. The molecule has 2 aromatic rings. The molecule has 0 aliphatic heterocycles. The van der Waals surface area contributed by atoms with E-state index >= 15 is 0 Å². The number of nitrogens with two attached hydrogens (primary N) is 1. The van der Waals surface area contributed by atoms with Crippen LogP contribution >= 0.6 is 27.5 Å². The van der Waals surface area contributed by atoms with Gasteiger partial charge < -0.3 is 11.1 Å². The summed E-state index contributed by atoms with van der Waals surface area (Å²) in [6, 6.07) is 13.2. The molecule has 0 unspecified atom stereocenters. The second kappa shape index (κ2) is 7.59. The molecular formula is C16H16BrClN2O. The Labute approximate surface area is 137 Å². The van der Waals surface area contributed by atoms with E-state index in [1.54, 1.807) is 18.2 Å². The van der Waals surface area contributed by atoms with Gasteiger partial charge in [0.15, 0.2) is 0 Å². The second-order valence-electron chi connectivity index (χ2n) is 4.66. The highest BCUT2D eigenvalue weighted by molar-refractivity contribution is 9.10. The largest absolute Gasteiger partial charge is 0.348 e. The van der Waals surface area contributed by atoms with Gasteiger partial charge in [0.05, 0.1) is 5.56 Å². The lowest BCUT2D eigenvalue weighted by Gasteiger charge is -2.08. The van der Waals surface area contributed by atoms with Crippen molar-refractivity contribution in [3.63, 3.8) is 0 Å². The number of hydrogen-bond donors (Lipinski definition) is 2. The number of benzene rings is 2. The Kier molecular flexibility index (Phi) is 5.79. The number of amides is 1. The van der Waals surface area contributed by atoms with Crippen molar-refractivity contribution in [2.24, 2.45) is 5.73 Å². The molecule has 0 aliphatic carbocycles. The van der Waals surface area contributed by atoms with Crippen LogP contribution in [0, 0.1) is 0 Å². The van der Waals surface area contributed by atoms with Gasteiger partial charge in [0.25, 0.3) is 5.91 Å². The number of halogens is 2. The number of carbonyl (C=O) groups excluding carboxylic acids is 1. The summed E-state index contributed by atoms with van der Waals surface area (Å²) in [7, 11) is 0. The normalized spacial score (nSPS) is 10.4. The maximum Gasteiger partial charge on any atom is 0.252 e. The third-order valence-electron chi connectivity index (χ3n) is 3.08. The Morgan fingerprint density at radius 1 is 1.14 bits per heavy atom. The summed E-state index contributed by atoms with van der Waals surface area (Å²) in [5.41, 5.74) is 8.34. The van der Waals surface area contributed by atoms with Crippen molar-refractivity contribution >= 4 is 33.4 Å². The molecule has 0 saturated heterocycles. The quantitative estimate of drug-likeness (QED) is 0.849. The average Bonchev–Trinajstić information content (AvgIpc) is 2.46. The summed E-state index contributed by atoms with van der Waals surface area (Å²) in [6.07, 6.45) is 0.865. The minimum Gasteiger partial charge on any atom is -0.348 e. The third-order valence-corrected chi connectivity index (χ3v) is 3.98. The van der Waals surface area contributed by atoms with Crippen molar-refractivity contribution in [2.45, 2.75) is 13.0 Å². The first-order chi connectivity index (χ1) is 10.1. The van der Waals surface area contributed by atoms with Gasteiger partial charge in [-0.15, -0.1) is 0 Å². The summed E-state index contributed by atoms with van der Waals surface area (Å²) in [4.78, 5) is 12.1. The van der Waals surface area contributed by atoms with Gasteiger partial charge in [-0.2, -0.15) is 0 Å². The SMILES string of the molecule is NCCc1ccc(CNC(=O)c2ccc(Cl)cc2Br)cc1. The Bertz CT molecular complexity index is 629. The lowest BCUT2D eigenvalue weighted by atomic mass is 10.1. The van der Waals surface area contributed by atoms with Gasteiger partial charge in [0.1, 0.15) is 0 Å². The van der Waals surface area contributed by atoms with Crippen LogP contribution < -0.4 is 11.1 Å². The molecule has 0 aliphatic rings. The van der Waals surface area contributed by atoms with E-state index in [1.807, 2.05) is 24.3 Å². The van der Waals surface area contributed by atoms with E-state index in [-0.39, 0.29) is 5.91 Å². The van der Waals surface area contributed by atoms with Gasteiger partial charge in [-0.3, -0.25) is 4.79 Å². The number of rotatable bonds is 5. The third kappa shape index (κ3) is 4.56. The van der Waals surface area contributed by atoms with Crippen LogP contribution in [0.15, 0.2) is 46.9 Å². The molecule has 0 atom stereocenters. The summed E-state index contributed by atoms with van der Waals surface area (Å²) < 4.78 is 0.686. The minimum atomic E-state index is -0.135. The Morgan fingerprint density at radius 3 is 2.43 bits per heavy atom. The van der Waals surface area contributed by atoms with Crippen LogP contribution in [0.2, 0.25) is 5.02 Å². The number of carbonyl (C=O) groups is 1. The predicted molar refractivity (Wildman–Crippen MR) is 89.5 cm³/mol. The van der Waals surface area contributed by atoms with Crippen molar-refractivity contribution in [1.82, 2.24) is 5.32 Å². The zero-order valence-electron chi connectivity index (χ0n) is 11.4. The van der Waals surface area contributed by atoms with Crippen LogP contribution in [-0.2, 0) is 13.0 Å². The molecule has 0 radical (unpaired) electrons. The zero-order chi connectivity index (χ0) is 15.2. The monoisotopic (exact) mass is 366 g/mol. The number of hydrogen-bond acceptors (Lipinski definition) is 2. The molecule has 0 aromatic heterocycles. The molecule has 0 bridgehead atoms. The van der Waals surface area contributed by atoms with Crippen LogP contribution in [0.3, 0.4) is 0 Å². The fraction of sp³-hybridized carbons (Fsp3) is 0.188. The van der Waals surface area contributed by atoms with E-state index in [2.05, 4.69) is 21.2 Å². The Balaban J connectivity index is 1.97. The van der Waals surface area contributed by atoms with Gasteiger partial charge in [-0.05, 0) is 58.2 Å². The first-order valence-electron chi connectivity index (χ1n) is 6.61. The maximum atomic E-state index is 12.1. The van der Waals surface area contributed by atoms with Crippen molar-refractivity contribution in [2.75, 3.05) is 6.54 Å². The van der Waals surface area contributed by atoms with E-state index in [0.717, 1.165) is 12.0 Å². The Morgan fingerprint density at radius 2 is 1.81 bits per heavy atom. The molecule has 3 nitrogen and oxygen atoms in total. The van der Waals surface area contributed by atoms with Gasteiger partial charge in [-0.1, -0.05) is 35.9 Å². The van der Waals surface area contributed by atoms with Crippen molar-refractivity contribution in [3.05, 3.63) is 68.7 Å². The molecule has 2 aromatic carbocycles. The van der Waals surface area contributed by atoms with E-state index < -0.39 is 0 Å². The van der Waals surface area contributed by atoms with E-state index in [0.29, 0.717) is 28.1 Å². The molecular weight excluding hydrogens is 352 g/mol. The van der Waals surface area contributed by atoms with Gasteiger partial charge in [0, 0.05) is 16.0 Å². The molecule has 21 heavy (non-hydrogen) atoms. The molecule has 1 amide bonds. The predicted octanol–water partition coefficient (Wildman–Crippen LogP) is 3.53. The van der Waals surface area contributed by atoms with Crippen LogP contribution in [-0.4, -0.2) is 12.5 Å². The van der Waals surface area contributed by atoms with E-state index in [9.17, 15) is 4.79 Å². The van der Waals surface area contributed by atoms with Gasteiger partial charge >= 0.3 is 0 Å². The lowest BCUT2D eigenvalue weighted by molar-refractivity contribution is 0.0950. The minimum absolute atomic E-state index is 0.135.